The van der Waals surface area contributed by atoms with Crippen LogP contribution in [0.1, 0.15) is 11.5 Å². The van der Waals surface area contributed by atoms with Gasteiger partial charge in [-0.15, -0.1) is 0 Å². The maximum atomic E-state index is 13.8. The lowest BCUT2D eigenvalue weighted by atomic mass is 10.2. The van der Waals surface area contributed by atoms with E-state index in [1.165, 1.54) is 6.07 Å². The third-order valence-electron chi connectivity index (χ3n) is 4.68. The van der Waals surface area contributed by atoms with Gasteiger partial charge in [0.25, 0.3) is 0 Å². The van der Waals surface area contributed by atoms with Gasteiger partial charge in [0.1, 0.15) is 5.82 Å². The number of benzene rings is 2. The van der Waals surface area contributed by atoms with E-state index in [0.717, 1.165) is 37.3 Å². The molecule has 4 rings (SSSR count). The summed E-state index contributed by atoms with van der Waals surface area (Å²) in [7, 11) is 0. The molecule has 2 heterocycles. The molecule has 1 fully saturated rings. The van der Waals surface area contributed by atoms with Crippen LogP contribution in [0.3, 0.4) is 0 Å². The summed E-state index contributed by atoms with van der Waals surface area (Å²) < 4.78 is 19.2. The second kappa shape index (κ2) is 7.76. The van der Waals surface area contributed by atoms with Gasteiger partial charge >= 0.3 is 0 Å². The summed E-state index contributed by atoms with van der Waals surface area (Å²) >= 11 is 0. The average molecular weight is 352 g/mol. The molecule has 0 aliphatic carbocycles. The Balaban J connectivity index is 1.30. The Bertz CT molecular complexity index is 844. The second-order valence-corrected chi connectivity index (χ2v) is 6.52. The highest BCUT2D eigenvalue weighted by molar-refractivity contribution is 5.53. The molecule has 0 atom stereocenters. The maximum absolute atomic E-state index is 13.8. The average Bonchev–Trinajstić information content (AvgIpc) is 3.14. The summed E-state index contributed by atoms with van der Waals surface area (Å²) in [6.45, 7) is 4.89. The van der Waals surface area contributed by atoms with Gasteiger partial charge in [0, 0.05) is 43.9 Å². The molecule has 0 unspecified atom stereocenters. The van der Waals surface area contributed by atoms with Crippen LogP contribution in [0.5, 0.6) is 0 Å². The molecule has 0 N–H and O–H groups in total. The third kappa shape index (κ3) is 3.98. The summed E-state index contributed by atoms with van der Waals surface area (Å²) in [5.74, 6) is 1.12. The van der Waals surface area contributed by atoms with Gasteiger partial charge in [-0.2, -0.15) is 4.98 Å². The van der Waals surface area contributed by atoms with Gasteiger partial charge in [0.2, 0.25) is 11.7 Å². The van der Waals surface area contributed by atoms with Gasteiger partial charge in [0.05, 0.1) is 6.54 Å². The van der Waals surface area contributed by atoms with E-state index in [1.807, 2.05) is 42.5 Å². The van der Waals surface area contributed by atoms with Crippen LogP contribution in [0.15, 0.2) is 59.1 Å². The Hall–Kier alpha value is -2.57. The van der Waals surface area contributed by atoms with Crippen LogP contribution in [-0.2, 0) is 13.1 Å². The minimum absolute atomic E-state index is 0.130. The monoisotopic (exact) mass is 352 g/mol. The van der Waals surface area contributed by atoms with Crippen LogP contribution < -0.4 is 0 Å². The fourth-order valence-corrected chi connectivity index (χ4v) is 3.19. The Morgan fingerprint density at radius 3 is 2.23 bits per heavy atom. The van der Waals surface area contributed by atoms with Crippen molar-refractivity contribution in [3.8, 4) is 11.4 Å². The zero-order chi connectivity index (χ0) is 17.8. The van der Waals surface area contributed by atoms with Gasteiger partial charge in [-0.1, -0.05) is 53.7 Å². The predicted molar refractivity (Wildman–Crippen MR) is 96.7 cm³/mol. The van der Waals surface area contributed by atoms with Crippen molar-refractivity contribution in [2.45, 2.75) is 13.1 Å². The molecule has 1 aliphatic rings. The Morgan fingerprint density at radius 2 is 1.50 bits per heavy atom. The van der Waals surface area contributed by atoms with Crippen LogP contribution in [0.4, 0.5) is 4.39 Å². The molecule has 134 valence electrons. The van der Waals surface area contributed by atoms with Crippen molar-refractivity contribution in [3.05, 3.63) is 71.9 Å². The van der Waals surface area contributed by atoms with E-state index in [1.54, 1.807) is 6.07 Å². The number of piperazine rings is 1. The summed E-state index contributed by atoms with van der Waals surface area (Å²) in [5.41, 5.74) is 1.71. The van der Waals surface area contributed by atoms with E-state index in [0.29, 0.717) is 24.8 Å². The van der Waals surface area contributed by atoms with E-state index >= 15 is 0 Å². The lowest BCUT2D eigenvalue weighted by Crippen LogP contribution is -2.45. The van der Waals surface area contributed by atoms with E-state index < -0.39 is 0 Å². The second-order valence-electron chi connectivity index (χ2n) is 6.52. The predicted octanol–water partition coefficient (Wildman–Crippen LogP) is 3.19. The Labute approximate surface area is 152 Å². The lowest BCUT2D eigenvalue weighted by molar-refractivity contribution is 0.111. The van der Waals surface area contributed by atoms with Crippen molar-refractivity contribution in [1.82, 2.24) is 19.9 Å². The molecule has 1 aromatic heterocycles. The Kier molecular flexibility index (Phi) is 5.04. The van der Waals surface area contributed by atoms with E-state index in [9.17, 15) is 4.39 Å². The largest absolute Gasteiger partial charge is 0.338 e. The van der Waals surface area contributed by atoms with Crippen molar-refractivity contribution < 1.29 is 8.91 Å². The van der Waals surface area contributed by atoms with E-state index in [-0.39, 0.29) is 5.82 Å². The third-order valence-corrected chi connectivity index (χ3v) is 4.68. The first kappa shape index (κ1) is 16.9. The van der Waals surface area contributed by atoms with Crippen molar-refractivity contribution in [2.24, 2.45) is 0 Å². The van der Waals surface area contributed by atoms with Crippen molar-refractivity contribution >= 4 is 0 Å². The molecule has 5 nitrogen and oxygen atoms in total. The van der Waals surface area contributed by atoms with Gasteiger partial charge in [-0.25, -0.2) is 4.39 Å². The molecule has 1 saturated heterocycles. The minimum Gasteiger partial charge on any atom is -0.338 e. The van der Waals surface area contributed by atoms with Crippen LogP contribution in [-0.4, -0.2) is 46.1 Å². The first-order valence-corrected chi connectivity index (χ1v) is 8.84. The zero-order valence-corrected chi connectivity index (χ0v) is 14.5. The normalized spacial score (nSPS) is 16.0. The minimum atomic E-state index is -0.130. The molecular weight excluding hydrogens is 331 g/mol. The molecule has 2 aromatic carbocycles. The molecule has 0 amide bonds. The Morgan fingerprint density at radius 1 is 0.846 bits per heavy atom. The highest BCUT2D eigenvalue weighted by Gasteiger charge is 2.20. The first-order valence-electron chi connectivity index (χ1n) is 8.84. The smallest absolute Gasteiger partial charge is 0.241 e. The van der Waals surface area contributed by atoms with Gasteiger partial charge in [-0.3, -0.25) is 9.80 Å². The highest BCUT2D eigenvalue weighted by Crippen LogP contribution is 2.17. The number of rotatable bonds is 5. The standard InChI is InChI=1S/C20H21FN4O/c21-18-9-5-4-8-17(18)14-24-10-12-25(13-11-24)15-19-22-20(23-26-19)16-6-2-1-3-7-16/h1-9H,10-15H2. The fraction of sp³-hybridized carbons (Fsp3) is 0.300. The van der Waals surface area contributed by atoms with Crippen molar-refractivity contribution in [3.63, 3.8) is 0 Å². The maximum Gasteiger partial charge on any atom is 0.241 e. The van der Waals surface area contributed by atoms with Crippen LogP contribution >= 0.6 is 0 Å². The first-order chi connectivity index (χ1) is 12.8. The molecule has 0 radical (unpaired) electrons. The number of hydrogen-bond donors (Lipinski definition) is 0. The summed E-state index contributed by atoms with van der Waals surface area (Å²) in [6.07, 6.45) is 0. The van der Waals surface area contributed by atoms with Crippen LogP contribution in [0.2, 0.25) is 0 Å². The summed E-state index contributed by atoms with van der Waals surface area (Å²) in [6, 6.07) is 16.8. The lowest BCUT2D eigenvalue weighted by Gasteiger charge is -2.33. The van der Waals surface area contributed by atoms with Crippen LogP contribution in [0, 0.1) is 5.82 Å². The topological polar surface area (TPSA) is 45.4 Å². The van der Waals surface area contributed by atoms with Crippen molar-refractivity contribution in [1.29, 1.82) is 0 Å². The molecule has 6 heteroatoms. The summed E-state index contributed by atoms with van der Waals surface area (Å²) in [4.78, 5) is 9.06. The fourth-order valence-electron chi connectivity index (χ4n) is 3.19. The SMILES string of the molecule is Fc1ccccc1CN1CCN(Cc2nc(-c3ccccc3)no2)CC1. The quantitative estimate of drug-likeness (QED) is 0.706. The van der Waals surface area contributed by atoms with E-state index in [4.69, 9.17) is 4.52 Å². The molecule has 0 saturated carbocycles. The van der Waals surface area contributed by atoms with E-state index in [2.05, 4.69) is 19.9 Å². The molecule has 1 aliphatic heterocycles. The number of aromatic nitrogens is 2. The summed E-state index contributed by atoms with van der Waals surface area (Å²) in [5, 5.41) is 4.07. The highest BCUT2D eigenvalue weighted by atomic mass is 19.1. The molecule has 3 aromatic rings. The number of hydrogen-bond acceptors (Lipinski definition) is 5. The molecule has 0 spiro atoms. The number of nitrogens with zero attached hydrogens (tertiary/aromatic N) is 4. The van der Waals surface area contributed by atoms with Crippen LogP contribution in [0.25, 0.3) is 11.4 Å². The van der Waals surface area contributed by atoms with Gasteiger partial charge in [-0.05, 0) is 6.07 Å². The molecular formula is C20H21FN4O. The van der Waals surface area contributed by atoms with Crippen molar-refractivity contribution in [2.75, 3.05) is 26.2 Å². The zero-order valence-electron chi connectivity index (χ0n) is 14.5. The molecule has 26 heavy (non-hydrogen) atoms. The number of halogens is 1. The van der Waals surface area contributed by atoms with Gasteiger partial charge in [0.15, 0.2) is 0 Å². The molecule has 0 bridgehead atoms. The van der Waals surface area contributed by atoms with Gasteiger partial charge < -0.3 is 4.52 Å².